The summed E-state index contributed by atoms with van der Waals surface area (Å²) in [4.78, 5) is 1.37. The normalized spacial score (nSPS) is 12.9. The lowest BCUT2D eigenvalue weighted by atomic mass is 10.0. The summed E-state index contributed by atoms with van der Waals surface area (Å²) in [6.07, 6.45) is 4.95. The van der Waals surface area contributed by atoms with Gasteiger partial charge in [0.05, 0.1) is 11.7 Å². The highest BCUT2D eigenvalue weighted by molar-refractivity contribution is 9.10. The second-order valence-corrected chi connectivity index (χ2v) is 6.59. The van der Waals surface area contributed by atoms with Crippen molar-refractivity contribution in [3.8, 4) is 0 Å². The van der Waals surface area contributed by atoms with Crippen LogP contribution in [-0.2, 0) is 6.42 Å². The van der Waals surface area contributed by atoms with E-state index in [1.807, 2.05) is 23.0 Å². The van der Waals surface area contributed by atoms with Gasteiger partial charge >= 0.3 is 0 Å². The van der Waals surface area contributed by atoms with Crippen LogP contribution < -0.4 is 5.32 Å². The summed E-state index contributed by atoms with van der Waals surface area (Å²) in [5, 5.41) is 10.1. The average Bonchev–Trinajstić information content (AvgIpc) is 3.04. The Morgan fingerprint density at radius 2 is 2.35 bits per heavy atom. The summed E-state index contributed by atoms with van der Waals surface area (Å²) in [5.41, 5.74) is 2.44. The van der Waals surface area contributed by atoms with Crippen molar-refractivity contribution >= 4 is 32.8 Å². The highest BCUT2D eigenvalue weighted by Crippen LogP contribution is 2.27. The van der Waals surface area contributed by atoms with Crippen LogP contribution in [-0.4, -0.2) is 16.2 Å². The summed E-state index contributed by atoms with van der Waals surface area (Å²) in [6.45, 7) is 3.09. The quantitative estimate of drug-likeness (QED) is 0.752. The highest BCUT2D eigenvalue weighted by Gasteiger charge is 2.16. The Hall–Kier alpha value is -1.17. The van der Waals surface area contributed by atoms with Crippen LogP contribution >= 0.6 is 27.3 Å². The maximum absolute atomic E-state index is 4.44. The molecule has 0 aliphatic rings. The minimum Gasteiger partial charge on any atom is -0.310 e. The number of hydrogen-bond donors (Lipinski definition) is 1. The van der Waals surface area contributed by atoms with Crippen LogP contribution in [0.25, 0.3) is 5.52 Å². The third-order valence-corrected chi connectivity index (χ3v) is 5.03. The summed E-state index contributed by atoms with van der Waals surface area (Å²) in [5.74, 6) is 0. The summed E-state index contributed by atoms with van der Waals surface area (Å²) >= 11 is 5.32. The molecular weight excluding hydrogens is 334 g/mol. The highest BCUT2D eigenvalue weighted by atomic mass is 79.9. The standard InChI is InChI=1S/C15H16BrN3S/c1-2-17-14(8-12-7-11(16)10-20-12)13-9-18-19-6-4-3-5-15(13)19/h3-7,9-10,14,17H,2,8H2,1H3. The molecule has 1 unspecified atom stereocenters. The van der Waals surface area contributed by atoms with Crippen molar-refractivity contribution in [2.45, 2.75) is 19.4 Å². The molecule has 0 spiro atoms. The van der Waals surface area contributed by atoms with E-state index >= 15 is 0 Å². The fourth-order valence-electron chi connectivity index (χ4n) is 2.42. The predicted molar refractivity (Wildman–Crippen MR) is 87.3 cm³/mol. The van der Waals surface area contributed by atoms with Crippen LogP contribution in [0.2, 0.25) is 0 Å². The molecule has 3 aromatic heterocycles. The monoisotopic (exact) mass is 349 g/mol. The summed E-state index contributed by atoms with van der Waals surface area (Å²) in [6, 6.07) is 8.68. The van der Waals surface area contributed by atoms with Crippen molar-refractivity contribution in [3.05, 3.63) is 57.0 Å². The number of thiophene rings is 1. The van der Waals surface area contributed by atoms with Crippen LogP contribution in [0.15, 0.2) is 46.5 Å². The lowest BCUT2D eigenvalue weighted by Crippen LogP contribution is -2.22. The van der Waals surface area contributed by atoms with Crippen LogP contribution in [0.4, 0.5) is 0 Å². The molecule has 3 heterocycles. The molecule has 3 rings (SSSR count). The Balaban J connectivity index is 1.93. The second kappa shape index (κ2) is 6.08. The molecule has 0 amide bonds. The van der Waals surface area contributed by atoms with Gasteiger partial charge in [0.1, 0.15) is 0 Å². The molecular formula is C15H16BrN3S. The maximum atomic E-state index is 4.44. The van der Waals surface area contributed by atoms with E-state index in [0.717, 1.165) is 17.4 Å². The molecule has 104 valence electrons. The first-order valence-corrected chi connectivity index (χ1v) is 8.33. The van der Waals surface area contributed by atoms with Crippen molar-refractivity contribution in [1.82, 2.24) is 14.9 Å². The van der Waals surface area contributed by atoms with Crippen molar-refractivity contribution in [2.75, 3.05) is 6.54 Å². The van der Waals surface area contributed by atoms with Crippen LogP contribution in [0, 0.1) is 0 Å². The lowest BCUT2D eigenvalue weighted by molar-refractivity contribution is 0.556. The van der Waals surface area contributed by atoms with Gasteiger partial charge in [-0.3, -0.25) is 0 Å². The Morgan fingerprint density at radius 1 is 1.45 bits per heavy atom. The molecule has 1 atom stereocenters. The smallest absolute Gasteiger partial charge is 0.0709 e. The number of nitrogens with zero attached hydrogens (tertiary/aromatic N) is 2. The zero-order valence-corrected chi connectivity index (χ0v) is 13.6. The molecule has 1 N–H and O–H groups in total. The zero-order chi connectivity index (χ0) is 13.9. The Bertz CT molecular complexity index is 704. The number of aromatic nitrogens is 2. The molecule has 0 radical (unpaired) electrons. The number of pyridine rings is 1. The van der Waals surface area contributed by atoms with Crippen LogP contribution in [0.3, 0.4) is 0 Å². The number of nitrogens with one attached hydrogen (secondary N) is 1. The minimum atomic E-state index is 0.297. The molecule has 0 saturated carbocycles. The van der Waals surface area contributed by atoms with Gasteiger partial charge in [-0.15, -0.1) is 11.3 Å². The first kappa shape index (κ1) is 13.8. The van der Waals surface area contributed by atoms with Gasteiger partial charge in [-0.05, 0) is 40.7 Å². The summed E-state index contributed by atoms with van der Waals surface area (Å²) < 4.78 is 3.09. The Labute approximate surface area is 130 Å². The topological polar surface area (TPSA) is 29.3 Å². The molecule has 0 fully saturated rings. The summed E-state index contributed by atoms with van der Waals surface area (Å²) in [7, 11) is 0. The third kappa shape index (κ3) is 2.80. The number of hydrogen-bond acceptors (Lipinski definition) is 3. The molecule has 0 aliphatic heterocycles. The third-order valence-electron chi connectivity index (χ3n) is 3.31. The van der Waals surface area contributed by atoms with E-state index in [0.29, 0.717) is 6.04 Å². The fourth-order valence-corrected chi connectivity index (χ4v) is 3.92. The van der Waals surface area contributed by atoms with Gasteiger partial charge in [-0.2, -0.15) is 5.10 Å². The van der Waals surface area contributed by atoms with Crippen molar-refractivity contribution in [2.24, 2.45) is 0 Å². The van der Waals surface area contributed by atoms with Crippen LogP contribution in [0.1, 0.15) is 23.4 Å². The fraction of sp³-hybridized carbons (Fsp3) is 0.267. The first-order chi connectivity index (χ1) is 9.78. The van der Waals surface area contributed by atoms with Gasteiger partial charge in [0.15, 0.2) is 0 Å². The molecule has 5 heteroatoms. The van der Waals surface area contributed by atoms with E-state index < -0.39 is 0 Å². The first-order valence-electron chi connectivity index (χ1n) is 6.66. The Kier molecular flexibility index (Phi) is 4.19. The largest absolute Gasteiger partial charge is 0.310 e. The van der Waals surface area contributed by atoms with Gasteiger partial charge in [-0.1, -0.05) is 13.0 Å². The minimum absolute atomic E-state index is 0.297. The molecule has 0 bridgehead atoms. The van der Waals surface area contributed by atoms with E-state index in [9.17, 15) is 0 Å². The van der Waals surface area contributed by atoms with E-state index in [1.54, 1.807) is 11.3 Å². The molecule has 3 aromatic rings. The van der Waals surface area contributed by atoms with Gasteiger partial charge in [0, 0.05) is 39.0 Å². The lowest BCUT2D eigenvalue weighted by Gasteiger charge is -2.16. The van der Waals surface area contributed by atoms with E-state index in [4.69, 9.17) is 0 Å². The molecule has 3 nitrogen and oxygen atoms in total. The van der Waals surface area contributed by atoms with Crippen molar-refractivity contribution in [3.63, 3.8) is 0 Å². The number of halogens is 1. The maximum Gasteiger partial charge on any atom is 0.0709 e. The molecule has 20 heavy (non-hydrogen) atoms. The van der Waals surface area contributed by atoms with Crippen LogP contribution in [0.5, 0.6) is 0 Å². The van der Waals surface area contributed by atoms with Gasteiger partial charge in [-0.25, -0.2) is 4.52 Å². The van der Waals surface area contributed by atoms with Gasteiger partial charge < -0.3 is 5.32 Å². The second-order valence-electron chi connectivity index (χ2n) is 4.68. The van der Waals surface area contributed by atoms with Gasteiger partial charge in [0.2, 0.25) is 0 Å². The number of fused-ring (bicyclic) bond motifs is 1. The average molecular weight is 350 g/mol. The number of likely N-dealkylation sites (N-methyl/N-ethyl adjacent to an activating group) is 1. The Morgan fingerprint density at radius 3 is 3.10 bits per heavy atom. The van der Waals surface area contributed by atoms with Crippen molar-refractivity contribution < 1.29 is 0 Å². The SMILES string of the molecule is CCNC(Cc1cc(Br)cs1)c1cnn2ccccc12. The molecule has 0 aliphatic carbocycles. The van der Waals surface area contributed by atoms with Crippen molar-refractivity contribution in [1.29, 1.82) is 0 Å². The van der Waals surface area contributed by atoms with E-state index in [2.05, 4.69) is 56.8 Å². The molecule has 0 saturated heterocycles. The number of rotatable bonds is 5. The van der Waals surface area contributed by atoms with E-state index in [-0.39, 0.29) is 0 Å². The molecule has 0 aromatic carbocycles. The predicted octanol–water partition coefficient (Wildman–Crippen LogP) is 4.05. The van der Waals surface area contributed by atoms with Gasteiger partial charge in [0.25, 0.3) is 0 Å². The zero-order valence-electron chi connectivity index (χ0n) is 11.2. The van der Waals surface area contributed by atoms with E-state index in [1.165, 1.54) is 16.0 Å².